The molecular formula is C34H44F2O2. The number of ether oxygens (including phenoxy) is 2. The predicted molar refractivity (Wildman–Crippen MR) is 150 cm³/mol. The molecule has 2 aromatic rings. The summed E-state index contributed by atoms with van der Waals surface area (Å²) in [6, 6.07) is 11.2. The molecule has 1 saturated heterocycles. The van der Waals surface area contributed by atoms with Crippen LogP contribution in [0.2, 0.25) is 0 Å². The van der Waals surface area contributed by atoms with Crippen molar-refractivity contribution < 1.29 is 18.3 Å². The molecule has 2 aliphatic carbocycles. The molecule has 38 heavy (non-hydrogen) atoms. The maximum absolute atomic E-state index is 14.7. The van der Waals surface area contributed by atoms with Gasteiger partial charge in [0.25, 0.3) is 0 Å². The summed E-state index contributed by atoms with van der Waals surface area (Å²) in [6.07, 6.45) is 18.0. The molecule has 0 amide bonds. The summed E-state index contributed by atoms with van der Waals surface area (Å²) in [4.78, 5) is 0. The molecular weight excluding hydrogens is 478 g/mol. The normalized spacial score (nSPS) is 30.4. The Balaban J connectivity index is 1.10. The molecule has 2 unspecified atom stereocenters. The first-order valence-electron chi connectivity index (χ1n) is 15.0. The summed E-state index contributed by atoms with van der Waals surface area (Å²) in [6.45, 7) is 5.08. The third kappa shape index (κ3) is 6.17. The lowest BCUT2D eigenvalue weighted by Gasteiger charge is -2.41. The van der Waals surface area contributed by atoms with Crippen LogP contribution in [0.5, 0.6) is 5.75 Å². The van der Waals surface area contributed by atoms with Crippen LogP contribution in [0.1, 0.15) is 89.5 Å². The van der Waals surface area contributed by atoms with Gasteiger partial charge in [-0.25, -0.2) is 4.39 Å². The van der Waals surface area contributed by atoms with E-state index in [1.807, 2.05) is 12.1 Å². The largest absolute Gasteiger partial charge is 0.491 e. The van der Waals surface area contributed by atoms with Crippen LogP contribution < -0.4 is 4.74 Å². The smallest absolute Gasteiger partial charge is 0.201 e. The van der Waals surface area contributed by atoms with Gasteiger partial charge < -0.3 is 9.47 Å². The second kappa shape index (κ2) is 12.8. The van der Waals surface area contributed by atoms with Gasteiger partial charge in [-0.05, 0) is 125 Å². The van der Waals surface area contributed by atoms with E-state index in [0.29, 0.717) is 30.1 Å². The van der Waals surface area contributed by atoms with Crippen molar-refractivity contribution >= 4 is 0 Å². The number of hydrogen-bond donors (Lipinski definition) is 0. The van der Waals surface area contributed by atoms with Crippen molar-refractivity contribution in [2.45, 2.75) is 90.1 Å². The standard InChI is InChI=1S/C34H44F2O2/c1-3-5-23-6-20-31(38-22-23)29-17-13-27(14-18-29)25-9-7-24(8-10-25)26-11-15-28(16-12-26)30-19-21-32(37-4-2)34(36)33(30)35/h3,5,11-12,15-16,19,21,23-25,27,29,31H,4,6-10,13-14,17-18,20,22H2,1-2H3. The Morgan fingerprint density at radius 3 is 2.05 bits per heavy atom. The van der Waals surface area contributed by atoms with Crippen LogP contribution in [0.4, 0.5) is 8.78 Å². The van der Waals surface area contributed by atoms with Gasteiger partial charge in [-0.2, -0.15) is 4.39 Å². The third-order valence-electron chi connectivity index (χ3n) is 9.63. The van der Waals surface area contributed by atoms with Crippen LogP contribution in [-0.2, 0) is 4.74 Å². The van der Waals surface area contributed by atoms with Crippen molar-refractivity contribution in [2.24, 2.45) is 23.7 Å². The van der Waals surface area contributed by atoms with Gasteiger partial charge in [-0.3, -0.25) is 0 Å². The Hall–Kier alpha value is -2.20. The monoisotopic (exact) mass is 522 g/mol. The molecule has 4 heteroatoms. The van der Waals surface area contributed by atoms with Crippen molar-refractivity contribution in [3.63, 3.8) is 0 Å². The van der Waals surface area contributed by atoms with Gasteiger partial charge in [0.05, 0.1) is 19.3 Å². The highest BCUT2D eigenvalue weighted by atomic mass is 19.2. The Morgan fingerprint density at radius 2 is 1.45 bits per heavy atom. The summed E-state index contributed by atoms with van der Waals surface area (Å²) in [5, 5.41) is 0. The fourth-order valence-corrected chi connectivity index (χ4v) is 7.46. The summed E-state index contributed by atoms with van der Waals surface area (Å²) in [5.41, 5.74) is 2.32. The van der Waals surface area contributed by atoms with Gasteiger partial charge in [-0.15, -0.1) is 0 Å². The molecule has 0 N–H and O–H groups in total. The minimum Gasteiger partial charge on any atom is -0.491 e. The minimum atomic E-state index is -0.912. The topological polar surface area (TPSA) is 18.5 Å². The molecule has 2 aromatic carbocycles. The summed E-state index contributed by atoms with van der Waals surface area (Å²) < 4.78 is 40.5. The summed E-state index contributed by atoms with van der Waals surface area (Å²) in [7, 11) is 0. The molecule has 0 radical (unpaired) electrons. The zero-order valence-electron chi connectivity index (χ0n) is 23.1. The SMILES string of the molecule is CC=CC1CCC(C2CCC(C3CCC(c4ccc(-c5ccc(OCC)c(F)c5F)cc4)CC3)CC2)OC1. The fourth-order valence-electron chi connectivity index (χ4n) is 7.46. The van der Waals surface area contributed by atoms with Crippen LogP contribution in [0.15, 0.2) is 48.6 Å². The molecule has 2 nitrogen and oxygen atoms in total. The lowest BCUT2D eigenvalue weighted by atomic mass is 9.67. The van der Waals surface area contributed by atoms with Crippen molar-refractivity contribution in [2.75, 3.05) is 13.2 Å². The maximum atomic E-state index is 14.7. The number of rotatable bonds is 7. The number of hydrogen-bond acceptors (Lipinski definition) is 2. The predicted octanol–water partition coefficient (Wildman–Crippen LogP) is 9.48. The number of allylic oxidation sites excluding steroid dienone is 1. The van der Waals surface area contributed by atoms with Crippen molar-refractivity contribution in [3.05, 3.63) is 65.7 Å². The van der Waals surface area contributed by atoms with E-state index in [0.717, 1.165) is 24.4 Å². The van der Waals surface area contributed by atoms with Crippen LogP contribution in [0.3, 0.4) is 0 Å². The quantitative estimate of drug-likeness (QED) is 0.337. The highest BCUT2D eigenvalue weighted by molar-refractivity contribution is 5.65. The number of halogens is 2. The molecule has 2 saturated carbocycles. The van der Waals surface area contributed by atoms with Crippen molar-refractivity contribution in [1.82, 2.24) is 0 Å². The second-order valence-electron chi connectivity index (χ2n) is 11.8. The Kier molecular flexibility index (Phi) is 9.20. The van der Waals surface area contributed by atoms with Crippen LogP contribution >= 0.6 is 0 Å². The molecule has 3 aliphatic rings. The van der Waals surface area contributed by atoms with Gasteiger partial charge in [0.2, 0.25) is 5.82 Å². The third-order valence-corrected chi connectivity index (χ3v) is 9.63. The Bertz CT molecular complexity index is 1050. The highest BCUT2D eigenvalue weighted by Gasteiger charge is 2.35. The van der Waals surface area contributed by atoms with Crippen LogP contribution in [0.25, 0.3) is 11.1 Å². The van der Waals surface area contributed by atoms with E-state index < -0.39 is 11.6 Å². The zero-order chi connectivity index (χ0) is 26.5. The Labute approximate surface area is 227 Å². The first-order valence-corrected chi connectivity index (χ1v) is 15.0. The van der Waals surface area contributed by atoms with E-state index in [1.54, 1.807) is 13.0 Å². The van der Waals surface area contributed by atoms with E-state index in [-0.39, 0.29) is 11.3 Å². The molecule has 5 rings (SSSR count). The first kappa shape index (κ1) is 27.4. The lowest BCUT2D eigenvalue weighted by molar-refractivity contribution is -0.0518. The van der Waals surface area contributed by atoms with Crippen molar-refractivity contribution in [3.8, 4) is 16.9 Å². The van der Waals surface area contributed by atoms with E-state index >= 15 is 0 Å². The van der Waals surface area contributed by atoms with Gasteiger partial charge in [0.15, 0.2) is 11.6 Å². The minimum absolute atomic E-state index is 0.0313. The van der Waals surface area contributed by atoms with Gasteiger partial charge >= 0.3 is 0 Å². The van der Waals surface area contributed by atoms with Crippen LogP contribution in [-0.4, -0.2) is 19.3 Å². The second-order valence-corrected chi connectivity index (χ2v) is 11.8. The molecule has 3 fully saturated rings. The van der Waals surface area contributed by atoms with Crippen LogP contribution in [0, 0.1) is 35.3 Å². The Morgan fingerprint density at radius 1 is 0.789 bits per heavy atom. The molecule has 0 bridgehead atoms. The zero-order valence-corrected chi connectivity index (χ0v) is 23.1. The maximum Gasteiger partial charge on any atom is 0.201 e. The van der Waals surface area contributed by atoms with E-state index in [9.17, 15) is 8.78 Å². The molecule has 2 atom stereocenters. The van der Waals surface area contributed by atoms with Gasteiger partial charge in [0, 0.05) is 11.5 Å². The number of benzene rings is 2. The molecule has 1 heterocycles. The molecule has 206 valence electrons. The highest BCUT2D eigenvalue weighted by Crippen LogP contribution is 2.45. The first-order chi connectivity index (χ1) is 18.6. The molecule has 1 aliphatic heterocycles. The van der Waals surface area contributed by atoms with Gasteiger partial charge in [-0.1, -0.05) is 36.4 Å². The van der Waals surface area contributed by atoms with E-state index in [1.165, 1.54) is 75.8 Å². The van der Waals surface area contributed by atoms with Crippen molar-refractivity contribution in [1.29, 1.82) is 0 Å². The van der Waals surface area contributed by atoms with E-state index in [4.69, 9.17) is 9.47 Å². The average molecular weight is 523 g/mol. The lowest BCUT2D eigenvalue weighted by Crippen LogP contribution is -2.35. The summed E-state index contributed by atoms with van der Waals surface area (Å²) in [5.74, 6) is 1.91. The molecule has 0 aromatic heterocycles. The van der Waals surface area contributed by atoms with E-state index in [2.05, 4.69) is 31.2 Å². The van der Waals surface area contributed by atoms with Gasteiger partial charge in [0.1, 0.15) is 0 Å². The average Bonchev–Trinajstić information content (AvgIpc) is 2.97. The summed E-state index contributed by atoms with van der Waals surface area (Å²) >= 11 is 0. The fraction of sp³-hybridized carbons (Fsp3) is 0.588. The molecule has 0 spiro atoms.